The number of rotatable bonds is 4. The van der Waals surface area contributed by atoms with Gasteiger partial charge in [0.25, 0.3) is 0 Å². The Hall–Kier alpha value is -1.13. The predicted octanol–water partition coefficient (Wildman–Crippen LogP) is 1.43. The summed E-state index contributed by atoms with van der Waals surface area (Å²) in [5.41, 5.74) is 7.35. The number of aryl methyl sites for hydroxylation is 1. The molecule has 15 heavy (non-hydrogen) atoms. The molecular formula is C11H18N2O2. The summed E-state index contributed by atoms with van der Waals surface area (Å²) < 4.78 is 5.19. The standard InChI is InChI=1S/C11H18N2O2/c1-4-8(15-3)10(14)9-7(2)5-6-13-11(9)12/h5-6,8,10,14H,4H2,1-3H3,(H2,12,13). The number of pyridine rings is 1. The van der Waals surface area contributed by atoms with E-state index in [9.17, 15) is 5.11 Å². The molecule has 1 aromatic heterocycles. The van der Waals surface area contributed by atoms with Gasteiger partial charge in [-0.25, -0.2) is 4.98 Å². The van der Waals surface area contributed by atoms with Crippen LogP contribution in [0.1, 0.15) is 30.6 Å². The summed E-state index contributed by atoms with van der Waals surface area (Å²) in [5, 5.41) is 10.1. The zero-order valence-corrected chi connectivity index (χ0v) is 9.40. The Labute approximate surface area is 90.1 Å². The molecule has 0 amide bonds. The first-order chi connectivity index (χ1) is 7.11. The molecule has 1 aromatic rings. The summed E-state index contributed by atoms with van der Waals surface area (Å²) >= 11 is 0. The highest BCUT2D eigenvalue weighted by Gasteiger charge is 2.22. The van der Waals surface area contributed by atoms with Crippen molar-refractivity contribution in [2.24, 2.45) is 0 Å². The lowest BCUT2D eigenvalue weighted by atomic mass is 9.99. The zero-order chi connectivity index (χ0) is 11.4. The van der Waals surface area contributed by atoms with E-state index in [-0.39, 0.29) is 6.10 Å². The van der Waals surface area contributed by atoms with E-state index in [2.05, 4.69) is 4.98 Å². The van der Waals surface area contributed by atoms with Crippen LogP contribution in [0.5, 0.6) is 0 Å². The molecule has 1 rings (SSSR count). The maximum absolute atomic E-state index is 10.1. The largest absolute Gasteiger partial charge is 0.386 e. The lowest BCUT2D eigenvalue weighted by Crippen LogP contribution is -2.22. The molecule has 0 aliphatic heterocycles. The number of nitrogens with two attached hydrogens (primary N) is 1. The first-order valence-electron chi connectivity index (χ1n) is 5.03. The quantitative estimate of drug-likeness (QED) is 0.788. The van der Waals surface area contributed by atoms with Gasteiger partial charge in [-0.3, -0.25) is 0 Å². The monoisotopic (exact) mass is 210 g/mol. The Balaban J connectivity index is 3.04. The fraction of sp³-hybridized carbons (Fsp3) is 0.545. The number of anilines is 1. The number of hydrogen-bond acceptors (Lipinski definition) is 4. The number of hydrogen-bond donors (Lipinski definition) is 2. The van der Waals surface area contributed by atoms with E-state index in [1.54, 1.807) is 13.3 Å². The molecule has 0 aliphatic rings. The molecule has 1 heterocycles. The Morgan fingerprint density at radius 1 is 1.60 bits per heavy atom. The third kappa shape index (κ3) is 2.46. The summed E-state index contributed by atoms with van der Waals surface area (Å²) in [4.78, 5) is 3.97. The molecule has 84 valence electrons. The van der Waals surface area contributed by atoms with Gasteiger partial charge in [0.15, 0.2) is 0 Å². The number of aliphatic hydroxyl groups excluding tert-OH is 1. The minimum atomic E-state index is -0.714. The molecule has 2 unspecified atom stereocenters. The van der Waals surface area contributed by atoms with Crippen molar-refractivity contribution in [3.63, 3.8) is 0 Å². The molecule has 0 aromatic carbocycles. The second-order valence-corrected chi connectivity index (χ2v) is 3.55. The average molecular weight is 210 g/mol. The molecule has 2 atom stereocenters. The number of aromatic nitrogens is 1. The number of ether oxygens (including phenoxy) is 1. The second kappa shape index (κ2) is 5.09. The van der Waals surface area contributed by atoms with Gasteiger partial charge in [0.2, 0.25) is 0 Å². The van der Waals surface area contributed by atoms with Crippen LogP contribution < -0.4 is 5.73 Å². The van der Waals surface area contributed by atoms with Crippen molar-refractivity contribution < 1.29 is 9.84 Å². The fourth-order valence-corrected chi connectivity index (χ4v) is 1.68. The summed E-state index contributed by atoms with van der Waals surface area (Å²) in [6.07, 6.45) is 1.41. The van der Waals surface area contributed by atoms with Crippen LogP contribution >= 0.6 is 0 Å². The van der Waals surface area contributed by atoms with Gasteiger partial charge >= 0.3 is 0 Å². The van der Waals surface area contributed by atoms with Crippen molar-refractivity contribution in [3.8, 4) is 0 Å². The molecule has 4 nitrogen and oxygen atoms in total. The van der Waals surface area contributed by atoms with Crippen LogP contribution in [0, 0.1) is 6.92 Å². The van der Waals surface area contributed by atoms with Gasteiger partial charge in [-0.1, -0.05) is 6.92 Å². The molecule has 0 saturated heterocycles. The fourth-order valence-electron chi connectivity index (χ4n) is 1.68. The molecule has 4 heteroatoms. The van der Waals surface area contributed by atoms with E-state index in [0.717, 1.165) is 12.0 Å². The van der Waals surface area contributed by atoms with E-state index in [4.69, 9.17) is 10.5 Å². The van der Waals surface area contributed by atoms with Gasteiger partial charge in [-0.2, -0.15) is 0 Å². The molecular weight excluding hydrogens is 192 g/mol. The first kappa shape index (κ1) is 11.9. The molecule has 0 fully saturated rings. The minimum Gasteiger partial charge on any atom is -0.386 e. The van der Waals surface area contributed by atoms with Crippen molar-refractivity contribution >= 4 is 5.82 Å². The van der Waals surface area contributed by atoms with Gasteiger partial charge < -0.3 is 15.6 Å². The normalized spacial score (nSPS) is 14.9. The highest BCUT2D eigenvalue weighted by atomic mass is 16.5. The predicted molar refractivity (Wildman–Crippen MR) is 59.4 cm³/mol. The Morgan fingerprint density at radius 3 is 2.73 bits per heavy atom. The van der Waals surface area contributed by atoms with Gasteiger partial charge in [0.1, 0.15) is 11.9 Å². The van der Waals surface area contributed by atoms with E-state index < -0.39 is 6.10 Å². The maximum atomic E-state index is 10.1. The molecule has 3 N–H and O–H groups in total. The van der Waals surface area contributed by atoms with Crippen LogP contribution in [0.15, 0.2) is 12.3 Å². The second-order valence-electron chi connectivity index (χ2n) is 3.55. The molecule has 0 spiro atoms. The summed E-state index contributed by atoms with van der Waals surface area (Å²) in [6.45, 7) is 3.86. The summed E-state index contributed by atoms with van der Waals surface area (Å²) in [7, 11) is 1.58. The Bertz CT molecular complexity index is 304. The van der Waals surface area contributed by atoms with Crippen LogP contribution in [-0.2, 0) is 4.74 Å². The molecule has 0 aliphatic carbocycles. The number of nitrogens with zero attached hydrogens (tertiary/aromatic N) is 1. The Morgan fingerprint density at radius 2 is 2.27 bits per heavy atom. The van der Waals surface area contributed by atoms with Crippen LogP contribution in [0.2, 0.25) is 0 Å². The number of nitrogen functional groups attached to an aromatic ring is 1. The molecule has 0 radical (unpaired) electrons. The van der Waals surface area contributed by atoms with Gasteiger partial charge in [0.05, 0.1) is 6.10 Å². The molecule has 0 saturated carbocycles. The highest BCUT2D eigenvalue weighted by Crippen LogP contribution is 2.27. The van der Waals surface area contributed by atoms with Crippen LogP contribution in [-0.4, -0.2) is 23.3 Å². The van der Waals surface area contributed by atoms with Gasteiger partial charge in [0, 0.05) is 18.9 Å². The lowest BCUT2D eigenvalue weighted by molar-refractivity contribution is -0.0149. The summed E-state index contributed by atoms with van der Waals surface area (Å²) in [5.74, 6) is 0.373. The third-order valence-electron chi connectivity index (χ3n) is 2.59. The topological polar surface area (TPSA) is 68.4 Å². The average Bonchev–Trinajstić information content (AvgIpc) is 2.19. The van der Waals surface area contributed by atoms with Crippen molar-refractivity contribution in [3.05, 3.63) is 23.4 Å². The zero-order valence-electron chi connectivity index (χ0n) is 9.40. The van der Waals surface area contributed by atoms with E-state index in [1.807, 2.05) is 19.9 Å². The highest BCUT2D eigenvalue weighted by molar-refractivity contribution is 5.45. The summed E-state index contributed by atoms with van der Waals surface area (Å²) in [6, 6.07) is 1.83. The Kier molecular flexibility index (Phi) is 4.05. The van der Waals surface area contributed by atoms with Crippen molar-refractivity contribution in [2.45, 2.75) is 32.5 Å². The van der Waals surface area contributed by atoms with Crippen LogP contribution in [0.3, 0.4) is 0 Å². The van der Waals surface area contributed by atoms with Crippen molar-refractivity contribution in [1.82, 2.24) is 4.98 Å². The van der Waals surface area contributed by atoms with Gasteiger partial charge in [-0.15, -0.1) is 0 Å². The lowest BCUT2D eigenvalue weighted by Gasteiger charge is -2.22. The van der Waals surface area contributed by atoms with Crippen molar-refractivity contribution in [1.29, 1.82) is 0 Å². The van der Waals surface area contributed by atoms with E-state index >= 15 is 0 Å². The molecule has 0 bridgehead atoms. The minimum absolute atomic E-state index is 0.241. The van der Waals surface area contributed by atoms with Crippen molar-refractivity contribution in [2.75, 3.05) is 12.8 Å². The van der Waals surface area contributed by atoms with Gasteiger partial charge in [-0.05, 0) is 25.0 Å². The van der Waals surface area contributed by atoms with E-state index in [1.165, 1.54) is 0 Å². The SMILES string of the molecule is CCC(OC)C(O)c1c(C)ccnc1N. The first-order valence-corrected chi connectivity index (χ1v) is 5.03. The van der Waals surface area contributed by atoms with Crippen LogP contribution in [0.25, 0.3) is 0 Å². The smallest absolute Gasteiger partial charge is 0.129 e. The number of aliphatic hydroxyl groups is 1. The van der Waals surface area contributed by atoms with Crippen LogP contribution in [0.4, 0.5) is 5.82 Å². The maximum Gasteiger partial charge on any atom is 0.129 e. The number of methoxy groups -OCH3 is 1. The third-order valence-corrected chi connectivity index (χ3v) is 2.59. The van der Waals surface area contributed by atoms with E-state index in [0.29, 0.717) is 11.4 Å².